The van der Waals surface area contributed by atoms with Crippen LogP contribution in [0.25, 0.3) is 11.1 Å². The van der Waals surface area contributed by atoms with Crippen molar-refractivity contribution in [2.75, 3.05) is 12.0 Å². The lowest BCUT2D eigenvalue weighted by molar-refractivity contribution is 0.631. The van der Waals surface area contributed by atoms with E-state index in [2.05, 4.69) is 0 Å². The Kier molecular flexibility index (Phi) is 3.15. The van der Waals surface area contributed by atoms with Crippen LogP contribution in [0.4, 0.5) is 10.1 Å². The fourth-order valence-electron chi connectivity index (χ4n) is 1.62. The number of thioether (sulfide) groups is 1. The van der Waals surface area contributed by atoms with Crippen molar-refractivity contribution in [3.8, 4) is 11.1 Å². The maximum atomic E-state index is 13.7. The second kappa shape index (κ2) is 4.58. The molecule has 0 aliphatic rings. The van der Waals surface area contributed by atoms with Gasteiger partial charge in [0.05, 0.1) is 0 Å². The molecule has 0 aliphatic carbocycles. The number of hydrogen-bond donors (Lipinski definition) is 1. The molecule has 2 aromatic carbocycles. The molecule has 0 atom stereocenters. The summed E-state index contributed by atoms with van der Waals surface area (Å²) in [5.41, 5.74) is 7.71. The van der Waals surface area contributed by atoms with E-state index in [4.69, 9.17) is 5.73 Å². The summed E-state index contributed by atoms with van der Waals surface area (Å²) in [6, 6.07) is 12.4. The lowest BCUT2D eigenvalue weighted by Crippen LogP contribution is -1.90. The van der Waals surface area contributed by atoms with Crippen molar-refractivity contribution in [2.45, 2.75) is 4.90 Å². The highest BCUT2D eigenvalue weighted by molar-refractivity contribution is 7.98. The van der Waals surface area contributed by atoms with Gasteiger partial charge in [-0.05, 0) is 36.1 Å². The summed E-state index contributed by atoms with van der Waals surface area (Å²) in [5.74, 6) is -0.240. The third kappa shape index (κ3) is 2.04. The Labute approximate surface area is 98.5 Å². The Bertz CT molecular complexity index is 511. The normalized spacial score (nSPS) is 10.4. The fourth-order valence-corrected chi connectivity index (χ4v) is 2.23. The summed E-state index contributed by atoms with van der Waals surface area (Å²) in [6.45, 7) is 0. The summed E-state index contributed by atoms with van der Waals surface area (Å²) in [5, 5.41) is 0. The largest absolute Gasteiger partial charge is 0.399 e. The molecule has 0 saturated heterocycles. The van der Waals surface area contributed by atoms with E-state index in [1.807, 2.05) is 30.5 Å². The van der Waals surface area contributed by atoms with Crippen LogP contribution in [0, 0.1) is 5.82 Å². The van der Waals surface area contributed by atoms with E-state index >= 15 is 0 Å². The highest BCUT2D eigenvalue weighted by atomic mass is 32.2. The Morgan fingerprint density at radius 3 is 2.56 bits per heavy atom. The summed E-state index contributed by atoms with van der Waals surface area (Å²) in [4.78, 5) is 1.05. The van der Waals surface area contributed by atoms with Gasteiger partial charge in [0, 0.05) is 16.1 Å². The lowest BCUT2D eigenvalue weighted by atomic mass is 10.0. The minimum atomic E-state index is -0.240. The number of nitrogens with two attached hydrogens (primary N) is 1. The van der Waals surface area contributed by atoms with Crippen LogP contribution in [0.2, 0.25) is 0 Å². The first-order chi connectivity index (χ1) is 7.72. The van der Waals surface area contributed by atoms with Crippen molar-refractivity contribution in [3.05, 3.63) is 48.3 Å². The molecule has 82 valence electrons. The molecule has 2 N–H and O–H groups in total. The first kappa shape index (κ1) is 11.0. The first-order valence-electron chi connectivity index (χ1n) is 4.91. The highest BCUT2D eigenvalue weighted by Crippen LogP contribution is 2.32. The molecule has 0 aromatic heterocycles. The van der Waals surface area contributed by atoms with Gasteiger partial charge in [-0.2, -0.15) is 0 Å². The number of benzene rings is 2. The summed E-state index contributed by atoms with van der Waals surface area (Å²) in [6.07, 6.45) is 1.98. The standard InChI is InChI=1S/C13H12FNS/c1-16-13-5-3-2-4-10(13)11-8-9(15)6-7-12(11)14/h2-8H,15H2,1H3. The SMILES string of the molecule is CSc1ccccc1-c1cc(N)ccc1F. The van der Waals surface area contributed by atoms with Gasteiger partial charge in [-0.1, -0.05) is 18.2 Å². The minimum absolute atomic E-state index is 0.240. The van der Waals surface area contributed by atoms with E-state index in [1.54, 1.807) is 23.9 Å². The van der Waals surface area contributed by atoms with Crippen molar-refractivity contribution < 1.29 is 4.39 Å². The highest BCUT2D eigenvalue weighted by Gasteiger charge is 2.08. The third-order valence-electron chi connectivity index (χ3n) is 2.39. The zero-order chi connectivity index (χ0) is 11.5. The number of hydrogen-bond acceptors (Lipinski definition) is 2. The van der Waals surface area contributed by atoms with Gasteiger partial charge in [0.1, 0.15) is 5.82 Å². The summed E-state index contributed by atoms with van der Waals surface area (Å²) < 4.78 is 13.7. The molecule has 0 aliphatic heterocycles. The molecule has 0 fully saturated rings. The van der Waals surface area contributed by atoms with E-state index in [9.17, 15) is 4.39 Å². The number of anilines is 1. The average molecular weight is 233 g/mol. The molecule has 0 bridgehead atoms. The Morgan fingerprint density at radius 2 is 1.81 bits per heavy atom. The van der Waals surface area contributed by atoms with E-state index in [-0.39, 0.29) is 5.82 Å². The fraction of sp³-hybridized carbons (Fsp3) is 0.0769. The molecule has 2 rings (SSSR count). The number of halogens is 1. The zero-order valence-corrected chi connectivity index (χ0v) is 9.72. The topological polar surface area (TPSA) is 26.0 Å². The quantitative estimate of drug-likeness (QED) is 0.630. The molecule has 0 radical (unpaired) electrons. The Balaban J connectivity index is 2.62. The summed E-state index contributed by atoms with van der Waals surface area (Å²) >= 11 is 1.60. The molecule has 16 heavy (non-hydrogen) atoms. The molecular formula is C13H12FNS. The molecular weight excluding hydrogens is 221 g/mol. The maximum Gasteiger partial charge on any atom is 0.131 e. The Hall–Kier alpha value is -1.48. The van der Waals surface area contributed by atoms with Gasteiger partial charge in [0.15, 0.2) is 0 Å². The minimum Gasteiger partial charge on any atom is -0.399 e. The number of nitrogen functional groups attached to an aromatic ring is 1. The van der Waals surface area contributed by atoms with Crippen LogP contribution < -0.4 is 5.73 Å². The van der Waals surface area contributed by atoms with E-state index < -0.39 is 0 Å². The van der Waals surface area contributed by atoms with Gasteiger partial charge in [0.25, 0.3) is 0 Å². The predicted octanol–water partition coefficient (Wildman–Crippen LogP) is 3.80. The van der Waals surface area contributed by atoms with Crippen molar-refractivity contribution in [1.82, 2.24) is 0 Å². The van der Waals surface area contributed by atoms with Crippen molar-refractivity contribution >= 4 is 17.4 Å². The maximum absolute atomic E-state index is 13.7. The van der Waals surface area contributed by atoms with Crippen molar-refractivity contribution in [3.63, 3.8) is 0 Å². The third-order valence-corrected chi connectivity index (χ3v) is 3.18. The lowest BCUT2D eigenvalue weighted by Gasteiger charge is -2.09. The average Bonchev–Trinajstić information content (AvgIpc) is 2.32. The van der Waals surface area contributed by atoms with Crippen molar-refractivity contribution in [1.29, 1.82) is 0 Å². The predicted molar refractivity (Wildman–Crippen MR) is 68.0 cm³/mol. The van der Waals surface area contributed by atoms with Gasteiger partial charge in [-0.25, -0.2) is 4.39 Å². The molecule has 0 amide bonds. The second-order valence-electron chi connectivity index (χ2n) is 3.44. The Morgan fingerprint density at radius 1 is 1.06 bits per heavy atom. The van der Waals surface area contributed by atoms with Crippen LogP contribution in [0.1, 0.15) is 0 Å². The van der Waals surface area contributed by atoms with Crippen LogP contribution in [-0.2, 0) is 0 Å². The number of rotatable bonds is 2. The van der Waals surface area contributed by atoms with E-state index in [0.717, 1.165) is 10.5 Å². The zero-order valence-electron chi connectivity index (χ0n) is 8.91. The van der Waals surface area contributed by atoms with Gasteiger partial charge in [0.2, 0.25) is 0 Å². The van der Waals surface area contributed by atoms with E-state index in [0.29, 0.717) is 11.3 Å². The van der Waals surface area contributed by atoms with Crippen molar-refractivity contribution in [2.24, 2.45) is 0 Å². The molecule has 0 heterocycles. The van der Waals surface area contributed by atoms with Crippen LogP contribution in [0.15, 0.2) is 47.4 Å². The smallest absolute Gasteiger partial charge is 0.131 e. The molecule has 1 nitrogen and oxygen atoms in total. The molecule has 0 spiro atoms. The van der Waals surface area contributed by atoms with Gasteiger partial charge >= 0.3 is 0 Å². The van der Waals surface area contributed by atoms with Crippen LogP contribution in [0.5, 0.6) is 0 Å². The second-order valence-corrected chi connectivity index (χ2v) is 4.29. The van der Waals surface area contributed by atoms with Crippen LogP contribution >= 0.6 is 11.8 Å². The molecule has 0 unspecified atom stereocenters. The monoisotopic (exact) mass is 233 g/mol. The van der Waals surface area contributed by atoms with Crippen LogP contribution in [0.3, 0.4) is 0 Å². The van der Waals surface area contributed by atoms with E-state index in [1.165, 1.54) is 6.07 Å². The van der Waals surface area contributed by atoms with Gasteiger partial charge < -0.3 is 5.73 Å². The molecule has 2 aromatic rings. The van der Waals surface area contributed by atoms with Gasteiger partial charge in [-0.3, -0.25) is 0 Å². The first-order valence-corrected chi connectivity index (χ1v) is 6.13. The summed E-state index contributed by atoms with van der Waals surface area (Å²) in [7, 11) is 0. The molecule has 3 heteroatoms. The van der Waals surface area contributed by atoms with Crippen LogP contribution in [-0.4, -0.2) is 6.26 Å². The molecule has 0 saturated carbocycles. The van der Waals surface area contributed by atoms with Gasteiger partial charge in [-0.15, -0.1) is 11.8 Å².